The number of nitrogens with zero attached hydrogens (tertiary/aromatic N) is 1. The summed E-state index contributed by atoms with van der Waals surface area (Å²) in [5, 5.41) is 6.07. The molecule has 0 saturated carbocycles. The fourth-order valence-electron chi connectivity index (χ4n) is 2.77. The van der Waals surface area contributed by atoms with Crippen molar-refractivity contribution in [1.82, 2.24) is 4.98 Å². The van der Waals surface area contributed by atoms with Crippen LogP contribution in [0.5, 0.6) is 17.2 Å². The summed E-state index contributed by atoms with van der Waals surface area (Å²) in [6.07, 6.45) is 1.59. The van der Waals surface area contributed by atoms with Crippen LogP contribution in [0.25, 0.3) is 0 Å². The fraction of sp³-hybridized carbons (Fsp3) is 0.143. The predicted octanol–water partition coefficient (Wildman–Crippen LogP) is 4.20. The minimum absolute atomic E-state index is 0.188. The molecule has 0 spiro atoms. The van der Waals surface area contributed by atoms with E-state index in [1.165, 1.54) is 0 Å². The molecular weight excluding hydrogens is 358 g/mol. The largest absolute Gasteiger partial charge is 0.494 e. The Morgan fingerprint density at radius 1 is 1.00 bits per heavy atom. The minimum atomic E-state index is -0.311. The Morgan fingerprint density at radius 2 is 1.79 bits per heavy atom. The molecule has 142 valence electrons. The van der Waals surface area contributed by atoms with E-state index in [1.54, 1.807) is 36.5 Å². The number of benzene rings is 2. The van der Waals surface area contributed by atoms with Crippen molar-refractivity contribution < 1.29 is 19.0 Å². The lowest BCUT2D eigenvalue weighted by Crippen LogP contribution is -2.13. The third-order valence-electron chi connectivity index (χ3n) is 4.08. The molecule has 1 amide bonds. The number of aromatic nitrogens is 1. The summed E-state index contributed by atoms with van der Waals surface area (Å²) in [6, 6.07) is 16.3. The van der Waals surface area contributed by atoms with Crippen molar-refractivity contribution in [3.05, 3.63) is 66.5 Å². The number of amides is 1. The van der Waals surface area contributed by atoms with Crippen LogP contribution >= 0.6 is 0 Å². The van der Waals surface area contributed by atoms with Crippen LogP contribution in [-0.2, 0) is 0 Å². The Labute approximate surface area is 162 Å². The molecule has 1 aliphatic heterocycles. The average Bonchev–Trinajstić information content (AvgIpc) is 3.18. The van der Waals surface area contributed by atoms with Crippen LogP contribution in [0.4, 0.5) is 17.1 Å². The van der Waals surface area contributed by atoms with E-state index in [0.29, 0.717) is 29.5 Å². The summed E-state index contributed by atoms with van der Waals surface area (Å²) in [5.41, 5.74) is 2.56. The van der Waals surface area contributed by atoms with Crippen LogP contribution in [0.3, 0.4) is 0 Å². The van der Waals surface area contributed by atoms with E-state index >= 15 is 0 Å². The Balaban J connectivity index is 1.44. The summed E-state index contributed by atoms with van der Waals surface area (Å²) in [5.74, 6) is 1.77. The van der Waals surface area contributed by atoms with Crippen molar-refractivity contribution >= 4 is 23.0 Å². The van der Waals surface area contributed by atoms with Crippen LogP contribution in [0.2, 0.25) is 0 Å². The van der Waals surface area contributed by atoms with Crippen molar-refractivity contribution in [1.29, 1.82) is 0 Å². The van der Waals surface area contributed by atoms with Crippen LogP contribution in [0.1, 0.15) is 17.4 Å². The predicted molar refractivity (Wildman–Crippen MR) is 106 cm³/mol. The normalized spacial score (nSPS) is 11.8. The summed E-state index contributed by atoms with van der Waals surface area (Å²) >= 11 is 0. The summed E-state index contributed by atoms with van der Waals surface area (Å²) < 4.78 is 16.0. The molecule has 0 atom stereocenters. The van der Waals surface area contributed by atoms with E-state index < -0.39 is 0 Å². The second-order valence-electron chi connectivity index (χ2n) is 6.03. The van der Waals surface area contributed by atoms with Gasteiger partial charge in [0.05, 0.1) is 6.61 Å². The lowest BCUT2D eigenvalue weighted by molar-refractivity contribution is 0.102. The van der Waals surface area contributed by atoms with Gasteiger partial charge in [-0.3, -0.25) is 9.78 Å². The first-order valence-corrected chi connectivity index (χ1v) is 8.88. The molecule has 0 unspecified atom stereocenters. The maximum absolute atomic E-state index is 12.5. The van der Waals surface area contributed by atoms with Crippen molar-refractivity contribution in [2.45, 2.75) is 6.92 Å². The zero-order valence-electron chi connectivity index (χ0n) is 15.3. The van der Waals surface area contributed by atoms with Gasteiger partial charge in [-0.25, -0.2) is 0 Å². The highest BCUT2D eigenvalue weighted by atomic mass is 16.7. The highest BCUT2D eigenvalue weighted by Crippen LogP contribution is 2.34. The number of pyridine rings is 1. The van der Waals surface area contributed by atoms with E-state index in [9.17, 15) is 4.79 Å². The van der Waals surface area contributed by atoms with Crippen molar-refractivity contribution in [2.75, 3.05) is 24.0 Å². The first-order chi connectivity index (χ1) is 13.7. The Hall–Kier alpha value is -3.74. The number of fused-ring (bicyclic) bond motifs is 1. The third-order valence-corrected chi connectivity index (χ3v) is 4.08. The fourth-order valence-corrected chi connectivity index (χ4v) is 2.77. The van der Waals surface area contributed by atoms with E-state index in [-0.39, 0.29) is 12.7 Å². The molecule has 7 nitrogen and oxygen atoms in total. The highest BCUT2D eigenvalue weighted by molar-refractivity contribution is 6.03. The molecule has 3 aromatic rings. The maximum Gasteiger partial charge on any atom is 0.274 e. The number of ether oxygens (including phenoxy) is 3. The minimum Gasteiger partial charge on any atom is -0.494 e. The zero-order valence-corrected chi connectivity index (χ0v) is 15.3. The molecular formula is C21H19N3O4. The van der Waals surface area contributed by atoms with Gasteiger partial charge in [-0.15, -0.1) is 0 Å². The van der Waals surface area contributed by atoms with Gasteiger partial charge in [0, 0.05) is 29.3 Å². The maximum atomic E-state index is 12.5. The van der Waals surface area contributed by atoms with Gasteiger partial charge < -0.3 is 24.8 Å². The van der Waals surface area contributed by atoms with Gasteiger partial charge in [-0.2, -0.15) is 0 Å². The van der Waals surface area contributed by atoms with E-state index in [2.05, 4.69) is 15.6 Å². The van der Waals surface area contributed by atoms with Crippen LogP contribution < -0.4 is 24.8 Å². The molecule has 2 aromatic carbocycles. The highest BCUT2D eigenvalue weighted by Gasteiger charge is 2.15. The molecule has 1 aromatic heterocycles. The number of hydrogen-bond acceptors (Lipinski definition) is 6. The van der Waals surface area contributed by atoms with Crippen molar-refractivity contribution in [2.24, 2.45) is 0 Å². The Bertz CT molecular complexity index is 989. The monoisotopic (exact) mass is 377 g/mol. The molecule has 0 aliphatic carbocycles. The third kappa shape index (κ3) is 3.98. The number of carbonyl (C=O) groups excluding carboxylic acids is 1. The lowest BCUT2D eigenvalue weighted by atomic mass is 10.2. The molecule has 1 aliphatic rings. The van der Waals surface area contributed by atoms with Crippen LogP contribution in [0, 0.1) is 0 Å². The standard InChI is InChI=1S/C21H19N3O4/c1-2-26-17-6-3-14(4-7-17)23-16-9-10-22-18(11-16)21(25)24-15-5-8-19-20(12-15)28-13-27-19/h3-12H,2,13H2,1H3,(H,22,23)(H,24,25). The van der Waals surface area contributed by atoms with Crippen LogP contribution in [0.15, 0.2) is 60.8 Å². The number of hydrogen-bond donors (Lipinski definition) is 2. The molecule has 0 radical (unpaired) electrons. The molecule has 7 heteroatoms. The Morgan fingerprint density at radius 3 is 2.61 bits per heavy atom. The average molecular weight is 377 g/mol. The Kier molecular flexibility index (Phi) is 4.97. The number of nitrogens with one attached hydrogen (secondary N) is 2. The summed E-state index contributed by atoms with van der Waals surface area (Å²) in [4.78, 5) is 16.7. The van der Waals surface area contributed by atoms with Gasteiger partial charge in [-0.05, 0) is 55.5 Å². The lowest BCUT2D eigenvalue weighted by Gasteiger charge is -2.10. The zero-order chi connectivity index (χ0) is 19.3. The van der Waals surface area contributed by atoms with Crippen molar-refractivity contribution in [3.8, 4) is 17.2 Å². The van der Waals surface area contributed by atoms with Gasteiger partial charge in [0.2, 0.25) is 6.79 Å². The summed E-state index contributed by atoms with van der Waals surface area (Å²) in [6.45, 7) is 2.76. The molecule has 0 fully saturated rings. The van der Waals surface area contributed by atoms with E-state index in [1.807, 2.05) is 31.2 Å². The smallest absolute Gasteiger partial charge is 0.274 e. The van der Waals surface area contributed by atoms with Gasteiger partial charge in [0.25, 0.3) is 5.91 Å². The molecule has 0 bridgehead atoms. The SMILES string of the molecule is CCOc1ccc(Nc2ccnc(C(=O)Nc3ccc4c(c3)OCO4)c2)cc1. The number of rotatable bonds is 6. The van der Waals surface area contributed by atoms with Gasteiger partial charge >= 0.3 is 0 Å². The molecule has 2 N–H and O–H groups in total. The molecule has 4 rings (SSSR count). The second kappa shape index (κ2) is 7.87. The number of carbonyl (C=O) groups is 1. The molecule has 28 heavy (non-hydrogen) atoms. The molecule has 0 saturated heterocycles. The summed E-state index contributed by atoms with van der Waals surface area (Å²) in [7, 11) is 0. The first kappa shape index (κ1) is 17.7. The van der Waals surface area contributed by atoms with Gasteiger partial charge in [0.1, 0.15) is 11.4 Å². The second-order valence-corrected chi connectivity index (χ2v) is 6.03. The quantitative estimate of drug-likeness (QED) is 0.670. The topological polar surface area (TPSA) is 81.7 Å². The van der Waals surface area contributed by atoms with Gasteiger partial charge in [-0.1, -0.05) is 0 Å². The number of anilines is 3. The van der Waals surface area contributed by atoms with Crippen molar-refractivity contribution in [3.63, 3.8) is 0 Å². The van der Waals surface area contributed by atoms with E-state index in [4.69, 9.17) is 14.2 Å². The van der Waals surface area contributed by atoms with Gasteiger partial charge in [0.15, 0.2) is 11.5 Å². The molecule has 2 heterocycles. The van der Waals surface area contributed by atoms with E-state index in [0.717, 1.165) is 17.1 Å². The van der Waals surface area contributed by atoms with Crippen LogP contribution in [-0.4, -0.2) is 24.3 Å². The first-order valence-electron chi connectivity index (χ1n) is 8.88.